The second-order valence-corrected chi connectivity index (χ2v) is 5.24. The summed E-state index contributed by atoms with van der Waals surface area (Å²) in [5.41, 5.74) is 8.17. The van der Waals surface area contributed by atoms with Gasteiger partial charge in [0, 0.05) is 24.3 Å². The normalized spacial score (nSPS) is 12.2. The van der Waals surface area contributed by atoms with Crippen LogP contribution in [0.4, 0.5) is 10.1 Å². The molecule has 20 heavy (non-hydrogen) atoms. The number of halogens is 2. The average Bonchev–Trinajstić information content (AvgIpc) is 2.45. The van der Waals surface area contributed by atoms with Crippen molar-refractivity contribution in [1.82, 2.24) is 0 Å². The fourth-order valence-electron chi connectivity index (χ4n) is 2.20. The van der Waals surface area contributed by atoms with Gasteiger partial charge >= 0.3 is 0 Å². The highest BCUT2D eigenvalue weighted by molar-refractivity contribution is 6.31. The maximum atomic E-state index is 13.6. The summed E-state index contributed by atoms with van der Waals surface area (Å²) >= 11 is 6.22. The van der Waals surface area contributed by atoms with Crippen molar-refractivity contribution in [1.29, 1.82) is 0 Å². The van der Waals surface area contributed by atoms with Gasteiger partial charge in [0.1, 0.15) is 5.82 Å². The van der Waals surface area contributed by atoms with Gasteiger partial charge in [0.25, 0.3) is 0 Å². The van der Waals surface area contributed by atoms with Crippen molar-refractivity contribution in [2.75, 3.05) is 11.9 Å². The lowest BCUT2D eigenvalue weighted by molar-refractivity contribution is 0.623. The number of hydrogen-bond donors (Lipinski definition) is 1. The SMILES string of the molecule is CC(c1ccccc1Cl)N(C)c1cc(F)cc(CN)c1. The van der Waals surface area contributed by atoms with Crippen LogP contribution in [-0.2, 0) is 6.54 Å². The molecule has 0 radical (unpaired) electrons. The summed E-state index contributed by atoms with van der Waals surface area (Å²) in [6.45, 7) is 2.35. The van der Waals surface area contributed by atoms with Gasteiger partial charge in [-0.2, -0.15) is 0 Å². The fourth-order valence-corrected chi connectivity index (χ4v) is 2.49. The molecule has 0 saturated heterocycles. The summed E-state index contributed by atoms with van der Waals surface area (Å²) in [5.74, 6) is -0.277. The Bertz CT molecular complexity index is 601. The van der Waals surface area contributed by atoms with Gasteiger partial charge in [-0.1, -0.05) is 29.8 Å². The molecule has 0 amide bonds. The van der Waals surface area contributed by atoms with E-state index in [9.17, 15) is 4.39 Å². The molecule has 0 aliphatic rings. The molecule has 106 valence electrons. The maximum Gasteiger partial charge on any atom is 0.125 e. The highest BCUT2D eigenvalue weighted by Crippen LogP contribution is 2.30. The number of nitrogens with zero attached hydrogens (tertiary/aromatic N) is 1. The Kier molecular flexibility index (Phi) is 4.63. The summed E-state index contributed by atoms with van der Waals surface area (Å²) in [7, 11) is 1.92. The molecule has 2 aromatic carbocycles. The molecule has 2 N–H and O–H groups in total. The summed E-state index contributed by atoms with van der Waals surface area (Å²) in [6, 6.07) is 12.6. The van der Waals surface area contributed by atoms with Crippen LogP contribution in [0.2, 0.25) is 5.02 Å². The Balaban J connectivity index is 2.33. The quantitative estimate of drug-likeness (QED) is 0.918. The standard InChI is InChI=1S/C16H18ClFN2/c1-11(15-5-3-4-6-16(15)17)20(2)14-8-12(10-19)7-13(18)9-14/h3-9,11H,10,19H2,1-2H3. The number of nitrogens with two attached hydrogens (primary N) is 1. The van der Waals surface area contributed by atoms with E-state index in [1.165, 1.54) is 12.1 Å². The van der Waals surface area contributed by atoms with Crippen molar-refractivity contribution in [2.45, 2.75) is 19.5 Å². The first kappa shape index (κ1) is 14.8. The number of anilines is 1. The van der Waals surface area contributed by atoms with Gasteiger partial charge in [-0.3, -0.25) is 0 Å². The molecule has 2 rings (SSSR count). The molecule has 0 bridgehead atoms. The topological polar surface area (TPSA) is 29.3 Å². The first-order valence-electron chi connectivity index (χ1n) is 6.49. The third kappa shape index (κ3) is 3.11. The molecule has 0 saturated carbocycles. The Morgan fingerprint density at radius 2 is 1.95 bits per heavy atom. The maximum absolute atomic E-state index is 13.6. The Labute approximate surface area is 124 Å². The molecular weight excluding hydrogens is 275 g/mol. The zero-order valence-corrected chi connectivity index (χ0v) is 12.4. The highest BCUT2D eigenvalue weighted by Gasteiger charge is 2.16. The fraction of sp³-hybridized carbons (Fsp3) is 0.250. The van der Waals surface area contributed by atoms with Gasteiger partial charge < -0.3 is 10.6 Å². The summed E-state index contributed by atoms with van der Waals surface area (Å²) in [6.07, 6.45) is 0. The number of rotatable bonds is 4. The first-order chi connectivity index (χ1) is 9.52. The molecule has 0 spiro atoms. The van der Waals surface area contributed by atoms with Gasteiger partial charge in [0.2, 0.25) is 0 Å². The highest BCUT2D eigenvalue weighted by atomic mass is 35.5. The van der Waals surface area contributed by atoms with Gasteiger partial charge in [-0.05, 0) is 42.3 Å². The molecule has 0 aromatic heterocycles. The van der Waals surface area contributed by atoms with E-state index in [1.54, 1.807) is 0 Å². The minimum absolute atomic E-state index is 0.0381. The lowest BCUT2D eigenvalue weighted by Crippen LogP contribution is -2.22. The molecule has 1 unspecified atom stereocenters. The third-order valence-corrected chi connectivity index (χ3v) is 3.87. The molecular formula is C16H18ClFN2. The predicted molar refractivity (Wildman–Crippen MR) is 82.6 cm³/mol. The molecule has 4 heteroatoms. The Morgan fingerprint density at radius 1 is 1.25 bits per heavy atom. The van der Waals surface area contributed by atoms with Crippen LogP contribution < -0.4 is 10.6 Å². The van der Waals surface area contributed by atoms with Gasteiger partial charge in [0.05, 0.1) is 6.04 Å². The minimum atomic E-state index is -0.277. The number of hydrogen-bond acceptors (Lipinski definition) is 2. The van der Waals surface area contributed by atoms with E-state index in [-0.39, 0.29) is 11.9 Å². The third-order valence-electron chi connectivity index (χ3n) is 3.52. The molecule has 2 aromatic rings. The van der Waals surface area contributed by atoms with Crippen LogP contribution in [0.5, 0.6) is 0 Å². The molecule has 0 aliphatic carbocycles. The molecule has 0 heterocycles. The van der Waals surface area contributed by atoms with Gasteiger partial charge in [-0.15, -0.1) is 0 Å². The second-order valence-electron chi connectivity index (χ2n) is 4.83. The zero-order chi connectivity index (χ0) is 14.7. The Hall–Kier alpha value is -1.58. The van der Waals surface area contributed by atoms with Crippen molar-refractivity contribution in [2.24, 2.45) is 5.73 Å². The van der Waals surface area contributed by atoms with E-state index >= 15 is 0 Å². The smallest absolute Gasteiger partial charge is 0.125 e. The van der Waals surface area contributed by atoms with Crippen molar-refractivity contribution >= 4 is 17.3 Å². The molecule has 0 aliphatic heterocycles. The van der Waals surface area contributed by atoms with E-state index < -0.39 is 0 Å². The van der Waals surface area contributed by atoms with E-state index in [4.69, 9.17) is 17.3 Å². The summed E-state index contributed by atoms with van der Waals surface area (Å²) in [5, 5.41) is 0.710. The largest absolute Gasteiger partial charge is 0.368 e. The van der Waals surface area contributed by atoms with Crippen LogP contribution in [0.15, 0.2) is 42.5 Å². The number of benzene rings is 2. The second kappa shape index (κ2) is 6.25. The predicted octanol–water partition coefficient (Wildman–Crippen LogP) is 4.14. The summed E-state index contributed by atoms with van der Waals surface area (Å²) in [4.78, 5) is 1.99. The van der Waals surface area contributed by atoms with Crippen molar-refractivity contribution in [3.05, 3.63) is 64.4 Å². The van der Waals surface area contributed by atoms with Crippen LogP contribution in [0.25, 0.3) is 0 Å². The summed E-state index contributed by atoms with van der Waals surface area (Å²) < 4.78 is 13.6. The van der Waals surface area contributed by atoms with E-state index in [2.05, 4.69) is 0 Å². The van der Waals surface area contributed by atoms with Crippen LogP contribution in [-0.4, -0.2) is 7.05 Å². The van der Waals surface area contributed by atoms with Crippen LogP contribution in [0.3, 0.4) is 0 Å². The minimum Gasteiger partial charge on any atom is -0.368 e. The lowest BCUT2D eigenvalue weighted by Gasteiger charge is -2.28. The van der Waals surface area contributed by atoms with Crippen LogP contribution >= 0.6 is 11.6 Å². The van der Waals surface area contributed by atoms with Crippen molar-refractivity contribution in [3.8, 4) is 0 Å². The lowest BCUT2D eigenvalue weighted by atomic mass is 10.1. The average molecular weight is 293 g/mol. The van der Waals surface area contributed by atoms with Crippen LogP contribution in [0, 0.1) is 5.82 Å². The molecule has 1 atom stereocenters. The first-order valence-corrected chi connectivity index (χ1v) is 6.87. The van der Waals surface area contributed by atoms with E-state index in [1.807, 2.05) is 49.2 Å². The van der Waals surface area contributed by atoms with E-state index in [0.29, 0.717) is 11.6 Å². The molecule has 2 nitrogen and oxygen atoms in total. The van der Waals surface area contributed by atoms with Crippen molar-refractivity contribution in [3.63, 3.8) is 0 Å². The van der Waals surface area contributed by atoms with E-state index in [0.717, 1.165) is 16.8 Å². The molecule has 0 fully saturated rings. The van der Waals surface area contributed by atoms with Gasteiger partial charge in [-0.25, -0.2) is 4.39 Å². The van der Waals surface area contributed by atoms with Gasteiger partial charge in [0.15, 0.2) is 0 Å². The Morgan fingerprint density at radius 3 is 2.60 bits per heavy atom. The van der Waals surface area contributed by atoms with Crippen LogP contribution in [0.1, 0.15) is 24.1 Å². The zero-order valence-electron chi connectivity index (χ0n) is 11.6. The van der Waals surface area contributed by atoms with Crippen molar-refractivity contribution < 1.29 is 4.39 Å². The monoisotopic (exact) mass is 292 g/mol.